The van der Waals surface area contributed by atoms with Crippen molar-refractivity contribution in [2.45, 2.75) is 20.5 Å². The van der Waals surface area contributed by atoms with Crippen molar-refractivity contribution in [3.05, 3.63) is 99.1 Å². The smallest absolute Gasteiger partial charge is 0.315 e. The van der Waals surface area contributed by atoms with Gasteiger partial charge in [0.2, 0.25) is 5.75 Å². The summed E-state index contributed by atoms with van der Waals surface area (Å²) in [5.74, 6) is -1.06. The number of carbonyl (C=O) groups is 2. The van der Waals surface area contributed by atoms with Gasteiger partial charge in [0, 0.05) is 6.07 Å². The number of anilines is 1. The first-order valence-corrected chi connectivity index (χ1v) is 10.9. The van der Waals surface area contributed by atoms with Crippen LogP contribution < -0.4 is 19.9 Å². The molecule has 3 aromatic rings. The fourth-order valence-electron chi connectivity index (χ4n) is 3.56. The number of para-hydroxylation sites is 1. The number of amides is 2. The SMILES string of the molecule is CCOc1cc(C=C2C(=O)NN(c3ccccc3)C2=O)cc([N+](=O)[O-])c1OCc1ccc(C)cc1. The third-order valence-electron chi connectivity index (χ3n) is 5.27. The second-order valence-electron chi connectivity index (χ2n) is 7.81. The van der Waals surface area contributed by atoms with Crippen molar-refractivity contribution in [2.75, 3.05) is 11.6 Å². The lowest BCUT2D eigenvalue weighted by Gasteiger charge is -2.14. The van der Waals surface area contributed by atoms with Crippen molar-refractivity contribution < 1.29 is 24.0 Å². The summed E-state index contributed by atoms with van der Waals surface area (Å²) in [5.41, 5.74) is 4.70. The van der Waals surface area contributed by atoms with Gasteiger partial charge in [-0.05, 0) is 49.2 Å². The van der Waals surface area contributed by atoms with Crippen LogP contribution in [0.1, 0.15) is 23.6 Å². The molecule has 0 spiro atoms. The Kier molecular flexibility index (Phi) is 6.77. The van der Waals surface area contributed by atoms with Gasteiger partial charge >= 0.3 is 5.69 Å². The van der Waals surface area contributed by atoms with E-state index in [0.717, 1.165) is 16.1 Å². The van der Waals surface area contributed by atoms with Gasteiger partial charge < -0.3 is 9.47 Å². The molecular weight excluding hydrogens is 450 g/mol. The maximum Gasteiger partial charge on any atom is 0.315 e. The second-order valence-corrected chi connectivity index (χ2v) is 7.81. The number of nitro benzene ring substituents is 1. The van der Waals surface area contributed by atoms with Crippen LogP contribution in [-0.4, -0.2) is 23.3 Å². The van der Waals surface area contributed by atoms with Crippen LogP contribution in [0, 0.1) is 17.0 Å². The number of hydrogen-bond acceptors (Lipinski definition) is 6. The molecule has 1 saturated heterocycles. The van der Waals surface area contributed by atoms with Crippen molar-refractivity contribution in [1.82, 2.24) is 5.43 Å². The Bertz CT molecular complexity index is 1300. The number of hydrazine groups is 1. The van der Waals surface area contributed by atoms with E-state index in [1.807, 2.05) is 31.2 Å². The quantitative estimate of drug-likeness (QED) is 0.225. The fraction of sp³-hybridized carbons (Fsp3) is 0.154. The normalized spacial score (nSPS) is 14.2. The summed E-state index contributed by atoms with van der Waals surface area (Å²) in [7, 11) is 0. The molecule has 1 N–H and O–H groups in total. The predicted molar refractivity (Wildman–Crippen MR) is 130 cm³/mol. The topological polar surface area (TPSA) is 111 Å². The van der Waals surface area contributed by atoms with Gasteiger partial charge in [-0.15, -0.1) is 0 Å². The molecule has 0 unspecified atom stereocenters. The number of benzene rings is 3. The molecular formula is C26H23N3O6. The standard InChI is InChI=1S/C26H23N3O6/c1-3-34-23-15-19(13-21-25(30)27-28(26(21)31)20-7-5-4-6-8-20)14-22(29(32)33)24(23)35-16-18-11-9-17(2)10-12-18/h4-15H,3,16H2,1-2H3,(H,27,30). The highest BCUT2D eigenvalue weighted by atomic mass is 16.6. The van der Waals surface area contributed by atoms with Crippen LogP contribution in [0.2, 0.25) is 0 Å². The van der Waals surface area contributed by atoms with Crippen molar-refractivity contribution in [3.8, 4) is 11.5 Å². The van der Waals surface area contributed by atoms with Gasteiger partial charge in [-0.25, -0.2) is 5.01 Å². The van der Waals surface area contributed by atoms with Crippen molar-refractivity contribution in [1.29, 1.82) is 0 Å². The van der Waals surface area contributed by atoms with E-state index in [4.69, 9.17) is 9.47 Å². The molecule has 0 aromatic heterocycles. The molecule has 9 heteroatoms. The number of nitrogens with one attached hydrogen (secondary N) is 1. The summed E-state index contributed by atoms with van der Waals surface area (Å²) < 4.78 is 11.4. The van der Waals surface area contributed by atoms with Crippen molar-refractivity contribution in [3.63, 3.8) is 0 Å². The molecule has 1 heterocycles. The molecule has 0 bridgehead atoms. The maximum absolute atomic E-state index is 12.9. The van der Waals surface area contributed by atoms with Crippen LogP contribution >= 0.6 is 0 Å². The second kappa shape index (κ2) is 10.1. The molecule has 178 valence electrons. The van der Waals surface area contributed by atoms with Gasteiger partial charge in [0.1, 0.15) is 12.2 Å². The van der Waals surface area contributed by atoms with Crippen LogP contribution in [0.3, 0.4) is 0 Å². The van der Waals surface area contributed by atoms with Crippen molar-refractivity contribution in [2.24, 2.45) is 0 Å². The molecule has 0 radical (unpaired) electrons. The first-order chi connectivity index (χ1) is 16.9. The molecule has 35 heavy (non-hydrogen) atoms. The molecule has 1 aliphatic rings. The third-order valence-corrected chi connectivity index (χ3v) is 5.27. The first-order valence-electron chi connectivity index (χ1n) is 10.9. The number of nitrogens with zero attached hydrogens (tertiary/aromatic N) is 2. The molecule has 0 aliphatic carbocycles. The van der Waals surface area contributed by atoms with Gasteiger partial charge in [-0.3, -0.25) is 25.1 Å². The Morgan fingerprint density at radius 3 is 2.40 bits per heavy atom. The minimum atomic E-state index is -0.612. The Morgan fingerprint density at radius 2 is 1.74 bits per heavy atom. The highest BCUT2D eigenvalue weighted by Gasteiger charge is 2.34. The number of ether oxygens (including phenoxy) is 2. The number of aryl methyl sites for hydroxylation is 1. The zero-order valence-electron chi connectivity index (χ0n) is 19.2. The Morgan fingerprint density at radius 1 is 1.03 bits per heavy atom. The Labute approximate surface area is 201 Å². The van der Waals surface area contributed by atoms with Crippen LogP contribution in [0.15, 0.2) is 72.3 Å². The van der Waals surface area contributed by atoms with E-state index in [1.54, 1.807) is 37.3 Å². The van der Waals surface area contributed by atoms with Crippen LogP contribution in [-0.2, 0) is 16.2 Å². The first kappa shape index (κ1) is 23.5. The fourth-order valence-corrected chi connectivity index (χ4v) is 3.56. The zero-order valence-corrected chi connectivity index (χ0v) is 19.2. The summed E-state index contributed by atoms with van der Waals surface area (Å²) in [6.45, 7) is 4.05. The minimum absolute atomic E-state index is 0.0207. The molecule has 3 aromatic carbocycles. The average Bonchev–Trinajstić information content (AvgIpc) is 3.13. The van der Waals surface area contributed by atoms with Gasteiger partial charge in [-0.1, -0.05) is 48.0 Å². The van der Waals surface area contributed by atoms with E-state index in [-0.39, 0.29) is 41.5 Å². The molecule has 0 atom stereocenters. The summed E-state index contributed by atoms with van der Waals surface area (Å²) in [6.07, 6.45) is 1.31. The van der Waals surface area contributed by atoms with E-state index in [1.165, 1.54) is 18.2 Å². The summed E-state index contributed by atoms with van der Waals surface area (Å²) >= 11 is 0. The molecule has 1 fully saturated rings. The maximum atomic E-state index is 12.9. The lowest BCUT2D eigenvalue weighted by molar-refractivity contribution is -0.386. The van der Waals surface area contributed by atoms with Crippen LogP contribution in [0.5, 0.6) is 11.5 Å². The van der Waals surface area contributed by atoms with E-state index >= 15 is 0 Å². The van der Waals surface area contributed by atoms with Crippen molar-refractivity contribution >= 4 is 29.3 Å². The van der Waals surface area contributed by atoms with Crippen LogP contribution in [0.4, 0.5) is 11.4 Å². The van der Waals surface area contributed by atoms with E-state index in [9.17, 15) is 19.7 Å². The summed E-state index contributed by atoms with van der Waals surface area (Å²) in [5, 5.41) is 13.0. The monoisotopic (exact) mass is 473 g/mol. The van der Waals surface area contributed by atoms with E-state index in [2.05, 4.69) is 5.43 Å². The highest BCUT2D eigenvalue weighted by molar-refractivity contribution is 6.31. The molecule has 9 nitrogen and oxygen atoms in total. The Balaban J connectivity index is 1.68. The van der Waals surface area contributed by atoms with Gasteiger partial charge in [-0.2, -0.15) is 0 Å². The summed E-state index contributed by atoms with van der Waals surface area (Å²) in [6, 6.07) is 19.0. The minimum Gasteiger partial charge on any atom is -0.490 e. The Hall–Kier alpha value is -4.66. The van der Waals surface area contributed by atoms with Gasteiger partial charge in [0.05, 0.1) is 17.2 Å². The number of carbonyl (C=O) groups excluding carboxylic acids is 2. The zero-order chi connectivity index (χ0) is 24.9. The van der Waals surface area contributed by atoms with Gasteiger partial charge in [0.25, 0.3) is 11.8 Å². The van der Waals surface area contributed by atoms with E-state index in [0.29, 0.717) is 5.69 Å². The van der Waals surface area contributed by atoms with Gasteiger partial charge in [0.15, 0.2) is 5.75 Å². The molecule has 4 rings (SSSR count). The third kappa shape index (κ3) is 5.14. The molecule has 2 amide bonds. The number of hydrogen-bond donors (Lipinski definition) is 1. The number of nitro groups is 1. The van der Waals surface area contributed by atoms with E-state index < -0.39 is 16.7 Å². The number of rotatable bonds is 8. The lowest BCUT2D eigenvalue weighted by Crippen LogP contribution is -2.35. The highest BCUT2D eigenvalue weighted by Crippen LogP contribution is 2.40. The predicted octanol–water partition coefficient (Wildman–Crippen LogP) is 4.34. The van der Waals surface area contributed by atoms with Crippen LogP contribution in [0.25, 0.3) is 6.08 Å². The largest absolute Gasteiger partial charge is 0.490 e. The lowest BCUT2D eigenvalue weighted by atomic mass is 10.1. The summed E-state index contributed by atoms with van der Waals surface area (Å²) in [4.78, 5) is 36.7. The molecule has 0 saturated carbocycles. The molecule has 1 aliphatic heterocycles. The average molecular weight is 473 g/mol.